The lowest BCUT2D eigenvalue weighted by molar-refractivity contribution is -0.384. The Bertz CT molecular complexity index is 573. The number of carbonyl (C=O) groups is 1. The van der Waals surface area contributed by atoms with Crippen molar-refractivity contribution in [1.29, 1.82) is 0 Å². The molecular weight excluding hydrogens is 320 g/mol. The fraction of sp³-hybridized carbons (Fsp3) is 0.562. The van der Waals surface area contributed by atoms with Gasteiger partial charge < -0.3 is 9.64 Å². The van der Waals surface area contributed by atoms with Gasteiger partial charge in [-0.15, -0.1) is 0 Å². The predicted octanol–water partition coefficient (Wildman–Crippen LogP) is 3.67. The molecule has 0 unspecified atom stereocenters. The summed E-state index contributed by atoms with van der Waals surface area (Å²) in [6.45, 7) is 0.622. The second kappa shape index (κ2) is 8.15. The molecule has 2 rings (SSSR count). The molecule has 0 saturated heterocycles. The summed E-state index contributed by atoms with van der Waals surface area (Å²) < 4.78 is 5.40. The minimum atomic E-state index is -0.529. The molecule has 0 radical (unpaired) electrons. The number of nitrogens with zero attached hydrogens (tertiary/aromatic N) is 2. The minimum Gasteiger partial charge on any atom is -0.482 e. The third-order valence-electron chi connectivity index (χ3n) is 4.16. The molecule has 0 aromatic heterocycles. The van der Waals surface area contributed by atoms with E-state index in [0.29, 0.717) is 5.92 Å². The average Bonchev–Trinajstić information content (AvgIpc) is 2.54. The molecule has 1 aliphatic rings. The third-order valence-corrected chi connectivity index (χ3v) is 4.46. The van der Waals surface area contributed by atoms with Gasteiger partial charge in [-0.1, -0.05) is 30.9 Å². The first-order chi connectivity index (χ1) is 11.0. The summed E-state index contributed by atoms with van der Waals surface area (Å²) in [4.78, 5) is 23.9. The van der Waals surface area contributed by atoms with E-state index in [-0.39, 0.29) is 29.0 Å². The van der Waals surface area contributed by atoms with Crippen LogP contribution in [0, 0.1) is 16.0 Å². The summed E-state index contributed by atoms with van der Waals surface area (Å²) in [5, 5.41) is 10.8. The number of amides is 1. The van der Waals surface area contributed by atoms with Crippen LogP contribution >= 0.6 is 11.6 Å². The highest BCUT2D eigenvalue weighted by molar-refractivity contribution is 6.32. The van der Waals surface area contributed by atoms with Crippen LogP contribution in [0.25, 0.3) is 0 Å². The number of carbonyl (C=O) groups excluding carboxylic acids is 1. The van der Waals surface area contributed by atoms with Gasteiger partial charge in [-0.25, -0.2) is 0 Å². The quantitative estimate of drug-likeness (QED) is 0.585. The van der Waals surface area contributed by atoms with Crippen LogP contribution in [0.4, 0.5) is 5.69 Å². The molecule has 7 heteroatoms. The molecule has 0 bridgehead atoms. The molecule has 23 heavy (non-hydrogen) atoms. The van der Waals surface area contributed by atoms with Gasteiger partial charge in [0.05, 0.1) is 9.95 Å². The van der Waals surface area contributed by atoms with Crippen LogP contribution in [-0.2, 0) is 4.79 Å². The second-order valence-electron chi connectivity index (χ2n) is 5.94. The lowest BCUT2D eigenvalue weighted by Crippen LogP contribution is -2.35. The van der Waals surface area contributed by atoms with Crippen LogP contribution in [0.15, 0.2) is 18.2 Å². The summed E-state index contributed by atoms with van der Waals surface area (Å²) in [6.07, 6.45) is 6.11. The molecule has 6 nitrogen and oxygen atoms in total. The van der Waals surface area contributed by atoms with Gasteiger partial charge in [0.2, 0.25) is 0 Å². The Morgan fingerprint density at radius 3 is 2.70 bits per heavy atom. The van der Waals surface area contributed by atoms with Crippen LogP contribution in [0.5, 0.6) is 5.75 Å². The molecule has 0 aliphatic heterocycles. The highest BCUT2D eigenvalue weighted by Gasteiger charge is 2.19. The topological polar surface area (TPSA) is 72.7 Å². The Hall–Kier alpha value is -1.82. The van der Waals surface area contributed by atoms with E-state index in [1.54, 1.807) is 11.9 Å². The number of nitro groups is 1. The summed E-state index contributed by atoms with van der Waals surface area (Å²) in [5.74, 6) is 0.724. The zero-order valence-electron chi connectivity index (χ0n) is 13.2. The summed E-state index contributed by atoms with van der Waals surface area (Å²) in [5.41, 5.74) is -0.108. The van der Waals surface area contributed by atoms with E-state index in [1.165, 1.54) is 50.3 Å². The van der Waals surface area contributed by atoms with Crippen molar-refractivity contribution in [1.82, 2.24) is 4.90 Å². The van der Waals surface area contributed by atoms with E-state index >= 15 is 0 Å². The van der Waals surface area contributed by atoms with Crippen molar-refractivity contribution in [3.63, 3.8) is 0 Å². The molecule has 1 fully saturated rings. The average molecular weight is 341 g/mol. The van der Waals surface area contributed by atoms with Crippen LogP contribution in [0.2, 0.25) is 5.02 Å². The van der Waals surface area contributed by atoms with Crippen molar-refractivity contribution in [3.05, 3.63) is 33.3 Å². The molecule has 1 aromatic carbocycles. The van der Waals surface area contributed by atoms with Gasteiger partial charge in [0.25, 0.3) is 11.6 Å². The molecular formula is C16H21ClN2O4. The molecule has 0 atom stereocenters. The van der Waals surface area contributed by atoms with E-state index in [9.17, 15) is 14.9 Å². The molecule has 1 saturated carbocycles. The third kappa shape index (κ3) is 5.10. The van der Waals surface area contributed by atoms with Crippen molar-refractivity contribution in [2.45, 2.75) is 32.1 Å². The van der Waals surface area contributed by atoms with Crippen molar-refractivity contribution >= 4 is 23.2 Å². The summed E-state index contributed by atoms with van der Waals surface area (Å²) >= 11 is 5.94. The number of hydrogen-bond acceptors (Lipinski definition) is 4. The monoisotopic (exact) mass is 340 g/mol. The first-order valence-electron chi connectivity index (χ1n) is 7.78. The van der Waals surface area contributed by atoms with Gasteiger partial charge >= 0.3 is 0 Å². The van der Waals surface area contributed by atoms with E-state index in [1.807, 2.05) is 0 Å². The number of hydrogen-bond donors (Lipinski definition) is 0. The highest BCUT2D eigenvalue weighted by atomic mass is 35.5. The van der Waals surface area contributed by atoms with Crippen molar-refractivity contribution < 1.29 is 14.5 Å². The summed E-state index contributed by atoms with van der Waals surface area (Å²) in [7, 11) is 1.78. The number of non-ortho nitro benzene ring substituents is 1. The predicted molar refractivity (Wildman–Crippen MR) is 87.8 cm³/mol. The number of likely N-dealkylation sites (N-methyl/N-ethyl adjacent to an activating group) is 1. The van der Waals surface area contributed by atoms with E-state index in [2.05, 4.69) is 0 Å². The molecule has 0 N–H and O–H groups in total. The molecule has 1 aliphatic carbocycles. The van der Waals surface area contributed by atoms with Gasteiger partial charge in [0.1, 0.15) is 5.75 Å². The molecule has 1 aromatic rings. The first kappa shape index (κ1) is 17.5. The molecule has 0 spiro atoms. The van der Waals surface area contributed by atoms with Gasteiger partial charge in [0, 0.05) is 25.7 Å². The SMILES string of the molecule is CN(CC1CCCCC1)C(=O)COc1ccc([N+](=O)[O-])cc1Cl. The smallest absolute Gasteiger partial charge is 0.271 e. The Balaban J connectivity index is 1.84. The maximum Gasteiger partial charge on any atom is 0.271 e. The first-order valence-corrected chi connectivity index (χ1v) is 8.16. The second-order valence-corrected chi connectivity index (χ2v) is 6.35. The lowest BCUT2D eigenvalue weighted by atomic mass is 9.89. The largest absolute Gasteiger partial charge is 0.482 e. The molecule has 0 heterocycles. The maximum atomic E-state index is 12.1. The standard InChI is InChI=1S/C16H21ClN2O4/c1-18(10-12-5-3-2-4-6-12)16(20)11-23-15-8-7-13(19(21)22)9-14(15)17/h7-9,12H,2-6,10-11H2,1H3. The zero-order chi connectivity index (χ0) is 16.8. The lowest BCUT2D eigenvalue weighted by Gasteiger charge is -2.27. The summed E-state index contributed by atoms with van der Waals surface area (Å²) in [6, 6.07) is 3.93. The van der Waals surface area contributed by atoms with E-state index in [4.69, 9.17) is 16.3 Å². The molecule has 1 amide bonds. The van der Waals surface area contributed by atoms with Crippen molar-refractivity contribution in [2.24, 2.45) is 5.92 Å². The van der Waals surface area contributed by atoms with Gasteiger partial charge in [-0.2, -0.15) is 0 Å². The van der Waals surface area contributed by atoms with Gasteiger partial charge in [0.15, 0.2) is 6.61 Å². The van der Waals surface area contributed by atoms with E-state index < -0.39 is 4.92 Å². The van der Waals surface area contributed by atoms with Crippen molar-refractivity contribution in [2.75, 3.05) is 20.2 Å². The number of ether oxygens (including phenoxy) is 1. The number of benzene rings is 1. The zero-order valence-corrected chi connectivity index (χ0v) is 13.9. The Morgan fingerprint density at radius 1 is 1.39 bits per heavy atom. The number of nitro benzene ring substituents is 1. The fourth-order valence-corrected chi connectivity index (χ4v) is 3.06. The normalized spacial score (nSPS) is 15.2. The maximum absolute atomic E-state index is 12.1. The number of halogens is 1. The van der Waals surface area contributed by atoms with Crippen molar-refractivity contribution in [3.8, 4) is 5.75 Å². The van der Waals surface area contributed by atoms with Gasteiger partial charge in [-0.05, 0) is 24.8 Å². The number of rotatable bonds is 6. The van der Waals surface area contributed by atoms with Crippen LogP contribution in [-0.4, -0.2) is 35.9 Å². The van der Waals surface area contributed by atoms with E-state index in [0.717, 1.165) is 6.54 Å². The Morgan fingerprint density at radius 2 is 2.09 bits per heavy atom. The molecule has 126 valence electrons. The van der Waals surface area contributed by atoms with Gasteiger partial charge in [-0.3, -0.25) is 14.9 Å². The minimum absolute atomic E-state index is 0.108. The van der Waals surface area contributed by atoms with Crippen LogP contribution < -0.4 is 4.74 Å². The highest BCUT2D eigenvalue weighted by Crippen LogP contribution is 2.28. The Kier molecular flexibility index (Phi) is 6.21. The fourth-order valence-electron chi connectivity index (χ4n) is 2.83. The van der Waals surface area contributed by atoms with Crippen LogP contribution in [0.1, 0.15) is 32.1 Å². The van der Waals surface area contributed by atoms with Crippen LogP contribution in [0.3, 0.4) is 0 Å². The Labute approximate surface area is 140 Å².